The molecule has 0 amide bonds. The molecule has 0 heterocycles. The Morgan fingerprint density at radius 3 is 1.69 bits per heavy atom. The Balaban J connectivity index is 1.33. The Kier molecular flexibility index (Phi) is 4.67. The molecule has 0 N–H and O–H groups in total. The molecule has 8 rings (SSSR count). The molecule has 39 heavy (non-hydrogen) atoms. The van der Waals surface area contributed by atoms with E-state index in [9.17, 15) is 0 Å². The summed E-state index contributed by atoms with van der Waals surface area (Å²) in [5, 5.41) is 7.84. The lowest BCUT2D eigenvalue weighted by atomic mass is 9.67. The van der Waals surface area contributed by atoms with Crippen molar-refractivity contribution in [3.8, 4) is 33.4 Å². The van der Waals surface area contributed by atoms with Gasteiger partial charge in [0.2, 0.25) is 0 Å². The zero-order chi connectivity index (χ0) is 26.1. The van der Waals surface area contributed by atoms with Crippen LogP contribution in [0.3, 0.4) is 0 Å². The molecule has 0 saturated carbocycles. The average molecular weight is 497 g/mol. The lowest BCUT2D eigenvalue weighted by molar-refractivity contribution is 0.645. The van der Waals surface area contributed by atoms with Crippen LogP contribution >= 0.6 is 0 Å². The van der Waals surface area contributed by atoms with Crippen molar-refractivity contribution in [1.82, 2.24) is 0 Å². The zero-order valence-corrected chi connectivity index (χ0v) is 22.2. The van der Waals surface area contributed by atoms with Gasteiger partial charge in [-0.1, -0.05) is 129 Å². The van der Waals surface area contributed by atoms with E-state index in [1.165, 1.54) is 76.8 Å². The molecule has 0 fully saturated rings. The first kappa shape index (κ1) is 22.3. The summed E-state index contributed by atoms with van der Waals surface area (Å²) in [4.78, 5) is 0. The SMILES string of the molecule is CC1(C)c2cc(-c3ccc4ccccc4c3)ccc2-c2ccc(-c3ccc4ccccc4c3)c3cccc1c23. The van der Waals surface area contributed by atoms with E-state index in [1.54, 1.807) is 0 Å². The van der Waals surface area contributed by atoms with Gasteiger partial charge in [0.15, 0.2) is 0 Å². The van der Waals surface area contributed by atoms with E-state index >= 15 is 0 Å². The van der Waals surface area contributed by atoms with E-state index in [4.69, 9.17) is 0 Å². The fraction of sp³-hybridized carbons (Fsp3) is 0.0769. The van der Waals surface area contributed by atoms with Crippen LogP contribution in [0.25, 0.3) is 65.7 Å². The van der Waals surface area contributed by atoms with E-state index in [2.05, 4.69) is 147 Å². The van der Waals surface area contributed by atoms with Crippen molar-refractivity contribution in [2.24, 2.45) is 0 Å². The summed E-state index contributed by atoms with van der Waals surface area (Å²) >= 11 is 0. The van der Waals surface area contributed by atoms with Gasteiger partial charge in [-0.15, -0.1) is 0 Å². The minimum Gasteiger partial charge on any atom is -0.0616 e. The fourth-order valence-corrected chi connectivity index (χ4v) is 6.75. The fourth-order valence-electron chi connectivity index (χ4n) is 6.75. The first-order valence-electron chi connectivity index (χ1n) is 13.8. The van der Waals surface area contributed by atoms with Crippen LogP contribution in [0.2, 0.25) is 0 Å². The largest absolute Gasteiger partial charge is 0.0616 e. The number of hydrogen-bond acceptors (Lipinski definition) is 0. The smallest absolute Gasteiger partial charge is 0.0159 e. The standard InChI is InChI=1S/C39H28/c1-39(2)36-13-7-12-34-32(31-17-15-26-9-4-6-11-28(26)23-31)20-21-35(38(34)36)33-19-18-30(24-37(33)39)29-16-14-25-8-3-5-10-27(25)22-29/h3-24H,1-2H3. The van der Waals surface area contributed by atoms with Gasteiger partial charge in [0.25, 0.3) is 0 Å². The third-order valence-electron chi connectivity index (χ3n) is 8.84. The average Bonchev–Trinajstić information content (AvgIpc) is 2.99. The van der Waals surface area contributed by atoms with Crippen molar-refractivity contribution < 1.29 is 0 Å². The van der Waals surface area contributed by atoms with Gasteiger partial charge in [0, 0.05) is 5.41 Å². The summed E-state index contributed by atoms with van der Waals surface area (Å²) in [5.74, 6) is 0. The van der Waals surface area contributed by atoms with Gasteiger partial charge in [0.1, 0.15) is 0 Å². The van der Waals surface area contributed by atoms with Gasteiger partial charge in [-0.3, -0.25) is 0 Å². The van der Waals surface area contributed by atoms with Crippen molar-refractivity contribution in [3.63, 3.8) is 0 Å². The summed E-state index contributed by atoms with van der Waals surface area (Å²) < 4.78 is 0. The summed E-state index contributed by atoms with van der Waals surface area (Å²) in [6.07, 6.45) is 0. The molecule has 0 spiro atoms. The molecular formula is C39H28. The minimum absolute atomic E-state index is 0.114. The van der Waals surface area contributed by atoms with Crippen LogP contribution in [0.5, 0.6) is 0 Å². The van der Waals surface area contributed by atoms with E-state index < -0.39 is 0 Å². The Hall–Kier alpha value is -4.68. The van der Waals surface area contributed by atoms with Gasteiger partial charge < -0.3 is 0 Å². The van der Waals surface area contributed by atoms with E-state index in [-0.39, 0.29) is 5.41 Å². The van der Waals surface area contributed by atoms with Gasteiger partial charge in [0.05, 0.1) is 0 Å². The van der Waals surface area contributed by atoms with Crippen LogP contribution in [-0.2, 0) is 5.41 Å². The summed E-state index contributed by atoms with van der Waals surface area (Å²) in [6.45, 7) is 4.77. The molecule has 0 nitrogen and oxygen atoms in total. The summed E-state index contributed by atoms with van der Waals surface area (Å²) in [7, 11) is 0. The van der Waals surface area contributed by atoms with Crippen LogP contribution in [0.4, 0.5) is 0 Å². The maximum Gasteiger partial charge on any atom is 0.0159 e. The van der Waals surface area contributed by atoms with E-state index in [1.807, 2.05) is 0 Å². The second-order valence-corrected chi connectivity index (χ2v) is 11.4. The maximum absolute atomic E-state index is 2.43. The van der Waals surface area contributed by atoms with Gasteiger partial charge in [-0.25, -0.2) is 0 Å². The highest BCUT2D eigenvalue weighted by atomic mass is 14.4. The molecule has 0 atom stereocenters. The van der Waals surface area contributed by atoms with Crippen LogP contribution in [0, 0.1) is 0 Å². The van der Waals surface area contributed by atoms with Crippen molar-refractivity contribution in [1.29, 1.82) is 0 Å². The highest BCUT2D eigenvalue weighted by Crippen LogP contribution is 2.51. The molecular weight excluding hydrogens is 468 g/mol. The second-order valence-electron chi connectivity index (χ2n) is 11.4. The van der Waals surface area contributed by atoms with Crippen molar-refractivity contribution >= 4 is 32.3 Å². The lowest BCUT2D eigenvalue weighted by Gasteiger charge is -2.36. The zero-order valence-electron chi connectivity index (χ0n) is 22.2. The van der Waals surface area contributed by atoms with E-state index in [0.717, 1.165) is 0 Å². The first-order valence-corrected chi connectivity index (χ1v) is 13.8. The van der Waals surface area contributed by atoms with Crippen LogP contribution in [0.15, 0.2) is 133 Å². The molecule has 0 heteroatoms. The normalized spacial score (nSPS) is 13.6. The van der Waals surface area contributed by atoms with Crippen molar-refractivity contribution in [2.45, 2.75) is 19.3 Å². The molecule has 0 aliphatic heterocycles. The van der Waals surface area contributed by atoms with Gasteiger partial charge in [-0.05, 0) is 95.0 Å². The highest BCUT2D eigenvalue weighted by Gasteiger charge is 2.34. The van der Waals surface area contributed by atoms with E-state index in [0.29, 0.717) is 0 Å². The lowest BCUT2D eigenvalue weighted by Crippen LogP contribution is -2.23. The molecule has 0 bridgehead atoms. The number of fused-ring (bicyclic) bond motifs is 4. The predicted octanol–water partition coefficient (Wildman–Crippen LogP) is 10.8. The molecule has 1 aliphatic carbocycles. The Bertz CT molecular complexity index is 2090. The Labute approximate surface area is 229 Å². The Morgan fingerprint density at radius 2 is 0.949 bits per heavy atom. The Morgan fingerprint density at radius 1 is 0.385 bits per heavy atom. The maximum atomic E-state index is 2.43. The first-order chi connectivity index (χ1) is 19.1. The molecule has 0 aromatic heterocycles. The molecule has 7 aromatic rings. The third kappa shape index (κ3) is 3.31. The van der Waals surface area contributed by atoms with Crippen LogP contribution in [-0.4, -0.2) is 0 Å². The molecule has 1 aliphatic rings. The molecule has 0 radical (unpaired) electrons. The van der Waals surface area contributed by atoms with Crippen LogP contribution < -0.4 is 0 Å². The topological polar surface area (TPSA) is 0 Å². The summed E-state index contributed by atoms with van der Waals surface area (Å²) in [6, 6.07) is 49.5. The minimum atomic E-state index is -0.114. The van der Waals surface area contributed by atoms with Crippen LogP contribution in [0.1, 0.15) is 25.0 Å². The number of rotatable bonds is 2. The number of hydrogen-bond donors (Lipinski definition) is 0. The van der Waals surface area contributed by atoms with Crippen molar-refractivity contribution in [3.05, 3.63) is 145 Å². The monoisotopic (exact) mass is 496 g/mol. The molecule has 184 valence electrons. The number of benzene rings is 7. The third-order valence-corrected chi connectivity index (χ3v) is 8.84. The molecule has 7 aromatic carbocycles. The van der Waals surface area contributed by atoms with Gasteiger partial charge >= 0.3 is 0 Å². The predicted molar refractivity (Wildman–Crippen MR) is 167 cm³/mol. The molecule has 0 saturated heterocycles. The summed E-state index contributed by atoms with van der Waals surface area (Å²) in [5.41, 5.74) is 10.5. The molecule has 0 unspecified atom stereocenters. The highest BCUT2D eigenvalue weighted by molar-refractivity contribution is 6.10. The van der Waals surface area contributed by atoms with Crippen molar-refractivity contribution in [2.75, 3.05) is 0 Å². The van der Waals surface area contributed by atoms with Gasteiger partial charge in [-0.2, -0.15) is 0 Å². The second kappa shape index (κ2) is 8.16. The quantitative estimate of drug-likeness (QED) is 0.223.